The molecule has 0 spiro atoms. The molecule has 0 aromatic rings. The van der Waals surface area contributed by atoms with Crippen LogP contribution in [-0.4, -0.2) is 11.6 Å². The first kappa shape index (κ1) is 7.84. The molecule has 12 heavy (non-hydrogen) atoms. The average molecular weight is 166 g/mol. The number of rotatable bonds is 0. The predicted octanol–water partition coefficient (Wildman–Crippen LogP) is 2.05. The summed E-state index contributed by atoms with van der Waals surface area (Å²) >= 11 is 0. The number of carbonyl (C=O) groups is 1. The van der Waals surface area contributed by atoms with E-state index in [-0.39, 0.29) is 11.6 Å². The summed E-state index contributed by atoms with van der Waals surface area (Å²) in [5.74, 6) is 0.114. The molecule has 2 nitrogen and oxygen atoms in total. The van der Waals surface area contributed by atoms with E-state index in [0.29, 0.717) is 11.5 Å². The van der Waals surface area contributed by atoms with Gasteiger partial charge in [-0.25, -0.2) is 4.79 Å². The minimum atomic E-state index is -0.216. The van der Waals surface area contributed by atoms with Crippen LogP contribution < -0.4 is 0 Å². The third-order valence-corrected chi connectivity index (χ3v) is 3.16. The van der Waals surface area contributed by atoms with Gasteiger partial charge in [0.15, 0.2) is 0 Å². The molecule has 1 aliphatic carbocycles. The van der Waals surface area contributed by atoms with Crippen molar-refractivity contribution in [2.24, 2.45) is 5.92 Å². The third-order valence-electron chi connectivity index (χ3n) is 3.16. The molecule has 0 amide bonds. The Morgan fingerprint density at radius 1 is 1.58 bits per heavy atom. The van der Waals surface area contributed by atoms with Crippen LogP contribution in [0.2, 0.25) is 0 Å². The van der Waals surface area contributed by atoms with Crippen molar-refractivity contribution < 1.29 is 9.53 Å². The number of carbonyl (C=O) groups excluding carboxylic acids is 1. The molecule has 0 aromatic carbocycles. The normalized spacial score (nSPS) is 40.9. The Hall–Kier alpha value is -0.790. The molecule has 1 saturated carbocycles. The van der Waals surface area contributed by atoms with E-state index < -0.39 is 0 Å². The Labute approximate surface area is 72.6 Å². The van der Waals surface area contributed by atoms with Crippen molar-refractivity contribution in [2.75, 3.05) is 0 Å². The first-order chi connectivity index (χ1) is 5.63. The van der Waals surface area contributed by atoms with E-state index in [4.69, 9.17) is 4.74 Å². The van der Waals surface area contributed by atoms with Crippen LogP contribution in [0.3, 0.4) is 0 Å². The third kappa shape index (κ3) is 0.904. The van der Waals surface area contributed by atoms with Crippen LogP contribution in [0.5, 0.6) is 0 Å². The van der Waals surface area contributed by atoms with E-state index in [0.717, 1.165) is 12.8 Å². The van der Waals surface area contributed by atoms with E-state index in [9.17, 15) is 4.79 Å². The quantitative estimate of drug-likeness (QED) is 0.406. The molecule has 1 heterocycles. The largest absolute Gasteiger partial charge is 0.455 e. The van der Waals surface area contributed by atoms with Crippen molar-refractivity contribution in [2.45, 2.75) is 38.2 Å². The Morgan fingerprint density at radius 2 is 2.33 bits per heavy atom. The number of esters is 1. The van der Waals surface area contributed by atoms with Gasteiger partial charge in [-0.2, -0.15) is 0 Å². The smallest absolute Gasteiger partial charge is 0.334 e. The zero-order valence-electron chi connectivity index (χ0n) is 7.43. The van der Waals surface area contributed by atoms with Crippen LogP contribution in [0, 0.1) is 5.92 Å². The minimum absolute atomic E-state index is 0.176. The summed E-state index contributed by atoms with van der Waals surface area (Å²) in [4.78, 5) is 11.2. The fourth-order valence-electron chi connectivity index (χ4n) is 2.39. The van der Waals surface area contributed by atoms with Gasteiger partial charge in [0.2, 0.25) is 0 Å². The lowest BCUT2D eigenvalue weighted by molar-refractivity contribution is -0.148. The van der Waals surface area contributed by atoms with Crippen LogP contribution in [0.1, 0.15) is 32.6 Å². The summed E-state index contributed by atoms with van der Waals surface area (Å²) in [5.41, 5.74) is 0.476. The van der Waals surface area contributed by atoms with E-state index in [1.54, 1.807) is 0 Å². The number of hydrogen-bond donors (Lipinski definition) is 0. The summed E-state index contributed by atoms with van der Waals surface area (Å²) in [5, 5.41) is 0. The second-order valence-electron chi connectivity index (χ2n) is 4.03. The van der Waals surface area contributed by atoms with E-state index >= 15 is 0 Å². The van der Waals surface area contributed by atoms with Gasteiger partial charge in [0.1, 0.15) is 5.60 Å². The summed E-state index contributed by atoms with van der Waals surface area (Å²) in [7, 11) is 0. The van der Waals surface area contributed by atoms with Crippen LogP contribution in [-0.2, 0) is 9.53 Å². The van der Waals surface area contributed by atoms with Gasteiger partial charge in [-0.3, -0.25) is 0 Å². The Bertz CT molecular complexity index is 244. The predicted molar refractivity (Wildman–Crippen MR) is 45.6 cm³/mol. The minimum Gasteiger partial charge on any atom is -0.455 e. The van der Waals surface area contributed by atoms with Crippen molar-refractivity contribution in [3.8, 4) is 0 Å². The van der Waals surface area contributed by atoms with Gasteiger partial charge in [-0.05, 0) is 26.2 Å². The van der Waals surface area contributed by atoms with Crippen LogP contribution in [0.25, 0.3) is 0 Å². The van der Waals surface area contributed by atoms with Crippen molar-refractivity contribution in [3.63, 3.8) is 0 Å². The maximum Gasteiger partial charge on any atom is 0.334 e. The highest BCUT2D eigenvalue weighted by Crippen LogP contribution is 2.45. The molecular formula is C10H14O2. The highest BCUT2D eigenvalue weighted by molar-refractivity contribution is 5.91. The molecule has 0 aromatic heterocycles. The zero-order valence-corrected chi connectivity index (χ0v) is 7.43. The zero-order chi connectivity index (χ0) is 8.77. The molecule has 66 valence electrons. The van der Waals surface area contributed by atoms with Crippen LogP contribution in [0.4, 0.5) is 0 Å². The van der Waals surface area contributed by atoms with Gasteiger partial charge in [0.05, 0.1) is 0 Å². The monoisotopic (exact) mass is 166 g/mol. The lowest BCUT2D eigenvalue weighted by Crippen LogP contribution is -2.34. The molecule has 0 unspecified atom stereocenters. The molecule has 1 aliphatic heterocycles. The van der Waals surface area contributed by atoms with Gasteiger partial charge in [-0.1, -0.05) is 13.0 Å². The maximum atomic E-state index is 11.2. The lowest BCUT2D eigenvalue weighted by atomic mass is 9.75. The summed E-state index contributed by atoms with van der Waals surface area (Å²) in [6.07, 6.45) is 4.45. The van der Waals surface area contributed by atoms with E-state index in [1.807, 2.05) is 6.92 Å². The highest BCUT2D eigenvalue weighted by atomic mass is 16.6. The van der Waals surface area contributed by atoms with Gasteiger partial charge in [0.25, 0.3) is 0 Å². The molecule has 2 rings (SSSR count). The molecule has 2 atom stereocenters. The topological polar surface area (TPSA) is 26.3 Å². The first-order valence-electron chi connectivity index (χ1n) is 4.56. The molecular weight excluding hydrogens is 152 g/mol. The second kappa shape index (κ2) is 2.35. The molecule has 0 bridgehead atoms. The van der Waals surface area contributed by atoms with Crippen molar-refractivity contribution in [1.82, 2.24) is 0 Å². The summed E-state index contributed by atoms with van der Waals surface area (Å²) in [6, 6.07) is 0. The second-order valence-corrected chi connectivity index (χ2v) is 4.03. The fraction of sp³-hybridized carbons (Fsp3) is 0.700. The molecule has 1 saturated heterocycles. The van der Waals surface area contributed by atoms with Gasteiger partial charge >= 0.3 is 5.97 Å². The van der Waals surface area contributed by atoms with E-state index in [2.05, 4.69) is 6.58 Å². The lowest BCUT2D eigenvalue weighted by Gasteiger charge is -2.33. The summed E-state index contributed by atoms with van der Waals surface area (Å²) in [6.45, 7) is 5.82. The van der Waals surface area contributed by atoms with Crippen molar-refractivity contribution in [3.05, 3.63) is 12.2 Å². The Morgan fingerprint density at radius 3 is 3.00 bits per heavy atom. The highest BCUT2D eigenvalue weighted by Gasteiger charge is 2.49. The van der Waals surface area contributed by atoms with Gasteiger partial charge < -0.3 is 4.74 Å². The van der Waals surface area contributed by atoms with Crippen LogP contribution >= 0.6 is 0 Å². The van der Waals surface area contributed by atoms with Gasteiger partial charge in [0, 0.05) is 11.5 Å². The Balaban J connectivity index is 2.30. The van der Waals surface area contributed by atoms with Crippen molar-refractivity contribution in [1.29, 1.82) is 0 Å². The average Bonchev–Trinajstić information content (AvgIpc) is 2.24. The number of ether oxygens (including phenoxy) is 1. The molecule has 2 heteroatoms. The maximum absolute atomic E-state index is 11.2. The molecule has 2 fully saturated rings. The molecule has 0 radical (unpaired) electrons. The number of hydrogen-bond acceptors (Lipinski definition) is 2. The Kier molecular flexibility index (Phi) is 1.53. The van der Waals surface area contributed by atoms with E-state index in [1.165, 1.54) is 12.8 Å². The SMILES string of the molecule is C=C1C(=O)O[C@@]2(C)CCCC[C@@H]12. The molecule has 0 N–H and O–H groups in total. The van der Waals surface area contributed by atoms with Crippen molar-refractivity contribution >= 4 is 5.97 Å². The number of fused-ring (bicyclic) bond motifs is 1. The van der Waals surface area contributed by atoms with Gasteiger partial charge in [-0.15, -0.1) is 0 Å². The first-order valence-corrected chi connectivity index (χ1v) is 4.56. The summed E-state index contributed by atoms with van der Waals surface area (Å²) < 4.78 is 5.33. The molecule has 2 aliphatic rings. The standard InChI is InChI=1S/C10H14O2/c1-7-8-5-3-4-6-10(8,2)12-9(7)11/h8H,1,3-6H2,2H3/t8-,10-/m0/s1. The van der Waals surface area contributed by atoms with Crippen LogP contribution in [0.15, 0.2) is 12.2 Å². The fourth-order valence-corrected chi connectivity index (χ4v) is 2.39.